The quantitative estimate of drug-likeness (QED) is 0.105. The second kappa shape index (κ2) is 19.7. The molecule has 0 fully saturated rings. The Labute approximate surface area is 244 Å². The summed E-state index contributed by atoms with van der Waals surface area (Å²) in [6.45, 7) is 6.12. The molecule has 3 aromatic rings. The molecule has 0 radical (unpaired) electrons. The molecule has 2 nitrogen and oxygen atoms in total. The van der Waals surface area contributed by atoms with Gasteiger partial charge in [-0.15, -0.1) is 0 Å². The van der Waals surface area contributed by atoms with Crippen LogP contribution in [0.15, 0.2) is 72.8 Å². The van der Waals surface area contributed by atoms with Gasteiger partial charge >= 0.3 is 0 Å². The summed E-state index contributed by atoms with van der Waals surface area (Å²) in [5, 5.41) is 0. The lowest BCUT2D eigenvalue weighted by Crippen LogP contribution is -1.97. The van der Waals surface area contributed by atoms with Crippen LogP contribution in [0.4, 0.5) is 0 Å². The van der Waals surface area contributed by atoms with Crippen LogP contribution in [0, 0.1) is 0 Å². The third-order valence-corrected chi connectivity index (χ3v) is 7.17. The number of ether oxygens (including phenoxy) is 2. The van der Waals surface area contributed by atoms with Crippen LogP contribution in [-0.4, -0.2) is 13.2 Å². The second-order valence-electron chi connectivity index (χ2n) is 10.7. The fourth-order valence-electron chi connectivity index (χ4n) is 4.60. The standard InChI is InChI=1S/C38H50O2/c1-3-5-7-9-11-13-31-39-37-27-23-35(24-28-37)21-19-33-15-17-34(18-16-33)20-22-36-25-29-38(30-26-36)40-32-14-12-10-8-6-4-2/h15-30H,3-14,31-32H2,1-2H3/b21-19+,22-20+. The van der Waals surface area contributed by atoms with Crippen molar-refractivity contribution in [3.63, 3.8) is 0 Å². The molecule has 2 heteroatoms. The highest BCUT2D eigenvalue weighted by molar-refractivity contribution is 5.73. The summed E-state index contributed by atoms with van der Waals surface area (Å²) in [6, 6.07) is 25.4. The summed E-state index contributed by atoms with van der Waals surface area (Å²) < 4.78 is 11.8. The molecule has 0 bridgehead atoms. The van der Waals surface area contributed by atoms with Crippen molar-refractivity contribution < 1.29 is 9.47 Å². The molecule has 40 heavy (non-hydrogen) atoms. The molecule has 0 spiro atoms. The first kappa shape index (κ1) is 31.3. The Kier molecular flexibility index (Phi) is 15.4. The van der Waals surface area contributed by atoms with Gasteiger partial charge in [-0.1, -0.05) is 151 Å². The van der Waals surface area contributed by atoms with Crippen molar-refractivity contribution in [2.45, 2.75) is 90.9 Å². The Morgan fingerprint density at radius 3 is 0.975 bits per heavy atom. The number of hydrogen-bond acceptors (Lipinski definition) is 2. The average molecular weight is 539 g/mol. The van der Waals surface area contributed by atoms with Crippen LogP contribution in [0.25, 0.3) is 24.3 Å². The molecule has 0 saturated carbocycles. The van der Waals surface area contributed by atoms with E-state index in [4.69, 9.17) is 9.47 Å². The van der Waals surface area contributed by atoms with Crippen LogP contribution in [0.1, 0.15) is 113 Å². The molecule has 0 N–H and O–H groups in total. The van der Waals surface area contributed by atoms with Gasteiger partial charge in [0.25, 0.3) is 0 Å². The highest BCUT2D eigenvalue weighted by atomic mass is 16.5. The maximum Gasteiger partial charge on any atom is 0.119 e. The molecular formula is C38H50O2. The van der Waals surface area contributed by atoms with E-state index in [1.165, 1.54) is 86.5 Å². The summed E-state index contributed by atoms with van der Waals surface area (Å²) in [5.74, 6) is 1.91. The molecule has 0 heterocycles. The predicted molar refractivity (Wildman–Crippen MR) is 175 cm³/mol. The van der Waals surface area contributed by atoms with Crippen LogP contribution in [0.2, 0.25) is 0 Å². The SMILES string of the molecule is CCCCCCCCOc1ccc(/C=C/c2ccc(/C=C/c3ccc(OCCCCCCCC)cc3)cc2)cc1. The van der Waals surface area contributed by atoms with E-state index >= 15 is 0 Å². The molecule has 0 amide bonds. The van der Waals surface area contributed by atoms with Crippen LogP contribution in [0.3, 0.4) is 0 Å². The Morgan fingerprint density at radius 2 is 0.650 bits per heavy atom. The lowest BCUT2D eigenvalue weighted by molar-refractivity contribution is 0.304. The minimum Gasteiger partial charge on any atom is -0.494 e. The van der Waals surface area contributed by atoms with Crippen molar-refractivity contribution in [3.8, 4) is 11.5 Å². The molecule has 0 aliphatic rings. The van der Waals surface area contributed by atoms with Crippen molar-refractivity contribution in [2.24, 2.45) is 0 Å². The summed E-state index contributed by atoms with van der Waals surface area (Å²) >= 11 is 0. The Hall–Kier alpha value is -3.26. The van der Waals surface area contributed by atoms with Gasteiger partial charge in [0.15, 0.2) is 0 Å². The zero-order valence-corrected chi connectivity index (χ0v) is 25.0. The van der Waals surface area contributed by atoms with E-state index < -0.39 is 0 Å². The van der Waals surface area contributed by atoms with Crippen LogP contribution in [0.5, 0.6) is 11.5 Å². The van der Waals surface area contributed by atoms with Gasteiger partial charge in [0, 0.05) is 0 Å². The summed E-state index contributed by atoms with van der Waals surface area (Å²) in [5.41, 5.74) is 4.73. The van der Waals surface area contributed by atoms with Crippen molar-refractivity contribution >= 4 is 24.3 Å². The monoisotopic (exact) mass is 538 g/mol. The minimum absolute atomic E-state index is 0.807. The number of benzene rings is 3. The van der Waals surface area contributed by atoms with Gasteiger partial charge in [-0.3, -0.25) is 0 Å². The number of unbranched alkanes of at least 4 members (excludes halogenated alkanes) is 10. The fraction of sp³-hybridized carbons (Fsp3) is 0.421. The third kappa shape index (κ3) is 13.2. The van der Waals surface area contributed by atoms with Crippen LogP contribution < -0.4 is 9.47 Å². The topological polar surface area (TPSA) is 18.5 Å². The van der Waals surface area contributed by atoms with Crippen LogP contribution in [-0.2, 0) is 0 Å². The first-order chi connectivity index (χ1) is 19.8. The highest BCUT2D eigenvalue weighted by Gasteiger charge is 1.97. The Bertz CT molecular complexity index is 1000. The molecule has 0 aromatic heterocycles. The lowest BCUT2D eigenvalue weighted by atomic mass is 10.1. The number of hydrogen-bond donors (Lipinski definition) is 0. The van der Waals surface area contributed by atoms with Crippen LogP contribution >= 0.6 is 0 Å². The Balaban J connectivity index is 1.36. The molecule has 0 aliphatic carbocycles. The third-order valence-electron chi connectivity index (χ3n) is 7.17. The normalized spacial score (nSPS) is 11.4. The van der Waals surface area contributed by atoms with Gasteiger partial charge in [-0.25, -0.2) is 0 Å². The fourth-order valence-corrected chi connectivity index (χ4v) is 4.60. The maximum atomic E-state index is 5.90. The molecule has 3 rings (SSSR count). The summed E-state index contributed by atoms with van der Waals surface area (Å²) in [4.78, 5) is 0. The van der Waals surface area contributed by atoms with E-state index in [0.717, 1.165) is 37.6 Å². The lowest BCUT2D eigenvalue weighted by Gasteiger charge is -2.06. The first-order valence-corrected chi connectivity index (χ1v) is 15.7. The highest BCUT2D eigenvalue weighted by Crippen LogP contribution is 2.18. The predicted octanol–water partition coefficient (Wildman–Crippen LogP) is 11.5. The average Bonchev–Trinajstić information content (AvgIpc) is 3.00. The van der Waals surface area contributed by atoms with E-state index in [9.17, 15) is 0 Å². The van der Waals surface area contributed by atoms with Crippen molar-refractivity contribution in [1.29, 1.82) is 0 Å². The summed E-state index contributed by atoms with van der Waals surface area (Å²) in [7, 11) is 0. The maximum absolute atomic E-state index is 5.90. The molecular weight excluding hydrogens is 488 g/mol. The molecule has 214 valence electrons. The van der Waals surface area contributed by atoms with Crippen molar-refractivity contribution in [2.75, 3.05) is 13.2 Å². The van der Waals surface area contributed by atoms with Gasteiger partial charge in [0.05, 0.1) is 13.2 Å². The van der Waals surface area contributed by atoms with Gasteiger partial charge in [0.2, 0.25) is 0 Å². The van der Waals surface area contributed by atoms with E-state index in [-0.39, 0.29) is 0 Å². The van der Waals surface area contributed by atoms with Gasteiger partial charge in [-0.05, 0) is 59.4 Å². The second-order valence-corrected chi connectivity index (χ2v) is 10.7. The van der Waals surface area contributed by atoms with Crippen molar-refractivity contribution in [1.82, 2.24) is 0 Å². The molecule has 0 aliphatic heterocycles. The van der Waals surface area contributed by atoms with Gasteiger partial charge < -0.3 is 9.47 Å². The van der Waals surface area contributed by atoms with Gasteiger partial charge in [0.1, 0.15) is 11.5 Å². The molecule has 0 saturated heterocycles. The zero-order valence-electron chi connectivity index (χ0n) is 25.0. The van der Waals surface area contributed by atoms with E-state index in [2.05, 4.69) is 111 Å². The largest absolute Gasteiger partial charge is 0.494 e. The van der Waals surface area contributed by atoms with Gasteiger partial charge in [-0.2, -0.15) is 0 Å². The smallest absolute Gasteiger partial charge is 0.119 e. The molecule has 0 atom stereocenters. The molecule has 3 aromatic carbocycles. The van der Waals surface area contributed by atoms with E-state index in [1.807, 2.05) is 0 Å². The summed E-state index contributed by atoms with van der Waals surface area (Å²) in [6.07, 6.45) is 24.0. The molecule has 0 unspecified atom stereocenters. The number of rotatable bonds is 20. The van der Waals surface area contributed by atoms with E-state index in [1.54, 1.807) is 0 Å². The first-order valence-electron chi connectivity index (χ1n) is 15.7. The van der Waals surface area contributed by atoms with Crippen molar-refractivity contribution in [3.05, 3.63) is 95.1 Å². The minimum atomic E-state index is 0.807. The zero-order chi connectivity index (χ0) is 28.1. The Morgan fingerprint density at radius 1 is 0.375 bits per heavy atom. The van der Waals surface area contributed by atoms with E-state index in [0.29, 0.717) is 0 Å².